The Bertz CT molecular complexity index is 1010. The topological polar surface area (TPSA) is 64.0 Å². The fourth-order valence-electron chi connectivity index (χ4n) is 2.77. The minimum atomic E-state index is -0.390. The van der Waals surface area contributed by atoms with Crippen LogP contribution in [0.4, 0.5) is 4.39 Å². The van der Waals surface area contributed by atoms with E-state index < -0.39 is 5.91 Å². The number of benzene rings is 1. The zero-order chi connectivity index (χ0) is 17.4. The smallest absolute Gasteiger partial charge is 0.256 e. The lowest BCUT2D eigenvalue weighted by atomic mass is 10.1. The number of carbonyl (C=O) groups is 1. The number of halogens is 1. The Hall–Kier alpha value is -3.02. The van der Waals surface area contributed by atoms with Gasteiger partial charge < -0.3 is 9.88 Å². The molecule has 5 nitrogen and oxygen atoms in total. The molecule has 3 aromatic rings. The first-order valence-corrected chi connectivity index (χ1v) is 8.18. The molecule has 4 rings (SSSR count). The largest absolute Gasteiger partial charge is 0.352 e. The number of hydrogen-bond acceptors (Lipinski definition) is 3. The second-order valence-corrected chi connectivity index (χ2v) is 6.25. The summed E-state index contributed by atoms with van der Waals surface area (Å²) in [4.78, 5) is 29.4. The highest BCUT2D eigenvalue weighted by Crippen LogP contribution is 2.27. The average molecular weight is 337 g/mol. The lowest BCUT2D eigenvalue weighted by Crippen LogP contribution is -2.31. The Kier molecular flexibility index (Phi) is 3.80. The molecular weight excluding hydrogens is 321 g/mol. The zero-order valence-corrected chi connectivity index (χ0v) is 13.4. The SMILES string of the molecule is O=C(NCC1CC1)c1cn(-c2ccc(F)cc2)c2ncccc2c1=O. The van der Waals surface area contributed by atoms with Gasteiger partial charge in [-0.3, -0.25) is 9.59 Å². The van der Waals surface area contributed by atoms with E-state index in [0.717, 1.165) is 12.8 Å². The van der Waals surface area contributed by atoms with Gasteiger partial charge in [-0.25, -0.2) is 9.37 Å². The van der Waals surface area contributed by atoms with Gasteiger partial charge in [-0.2, -0.15) is 0 Å². The molecule has 0 saturated heterocycles. The number of amides is 1. The number of carbonyl (C=O) groups excluding carboxylic acids is 1. The third-order valence-corrected chi connectivity index (χ3v) is 4.36. The van der Waals surface area contributed by atoms with Crippen molar-refractivity contribution in [2.45, 2.75) is 12.8 Å². The lowest BCUT2D eigenvalue weighted by Gasteiger charge is -2.13. The van der Waals surface area contributed by atoms with Gasteiger partial charge in [0, 0.05) is 24.6 Å². The van der Waals surface area contributed by atoms with Gasteiger partial charge in [0.25, 0.3) is 5.91 Å². The first-order valence-electron chi connectivity index (χ1n) is 8.18. The first kappa shape index (κ1) is 15.5. The van der Waals surface area contributed by atoms with Gasteiger partial charge in [0.1, 0.15) is 17.0 Å². The van der Waals surface area contributed by atoms with Crippen LogP contribution in [0.2, 0.25) is 0 Å². The molecule has 25 heavy (non-hydrogen) atoms. The summed E-state index contributed by atoms with van der Waals surface area (Å²) in [5.74, 6) is -0.228. The molecule has 2 heterocycles. The average Bonchev–Trinajstić information content (AvgIpc) is 3.46. The van der Waals surface area contributed by atoms with Crippen LogP contribution in [0.15, 0.2) is 53.6 Å². The van der Waals surface area contributed by atoms with Gasteiger partial charge in [-0.1, -0.05) is 0 Å². The van der Waals surface area contributed by atoms with E-state index in [0.29, 0.717) is 29.2 Å². The van der Waals surface area contributed by atoms with Gasteiger partial charge in [0.2, 0.25) is 5.43 Å². The third-order valence-electron chi connectivity index (χ3n) is 4.36. The number of fused-ring (bicyclic) bond motifs is 1. The minimum Gasteiger partial charge on any atom is -0.352 e. The lowest BCUT2D eigenvalue weighted by molar-refractivity contribution is 0.0950. The summed E-state index contributed by atoms with van der Waals surface area (Å²) in [7, 11) is 0. The van der Waals surface area contributed by atoms with Crippen LogP contribution in [0.1, 0.15) is 23.2 Å². The molecule has 0 atom stereocenters. The molecule has 0 aliphatic heterocycles. The molecule has 1 aliphatic rings. The van der Waals surface area contributed by atoms with Gasteiger partial charge in [-0.05, 0) is 55.2 Å². The molecule has 126 valence electrons. The summed E-state index contributed by atoms with van der Waals surface area (Å²) in [6, 6.07) is 9.12. The van der Waals surface area contributed by atoms with E-state index in [-0.39, 0.29) is 16.8 Å². The van der Waals surface area contributed by atoms with Gasteiger partial charge in [0.15, 0.2) is 0 Å². The minimum absolute atomic E-state index is 0.0606. The maximum absolute atomic E-state index is 13.2. The number of nitrogens with one attached hydrogen (secondary N) is 1. The van der Waals surface area contributed by atoms with Crippen molar-refractivity contribution in [1.29, 1.82) is 0 Å². The number of rotatable bonds is 4. The summed E-state index contributed by atoms with van der Waals surface area (Å²) in [5.41, 5.74) is 0.763. The van der Waals surface area contributed by atoms with Crippen molar-refractivity contribution in [2.75, 3.05) is 6.54 Å². The standard InChI is InChI=1S/C19H16FN3O2/c20-13-5-7-14(8-6-13)23-11-16(19(25)22-10-12-3-4-12)17(24)15-2-1-9-21-18(15)23/h1-2,5-9,11-12H,3-4,10H2,(H,22,25). The Morgan fingerprint density at radius 3 is 2.72 bits per heavy atom. The molecule has 0 bridgehead atoms. The van der Waals surface area contributed by atoms with Crippen molar-refractivity contribution in [2.24, 2.45) is 5.92 Å². The number of nitrogens with zero attached hydrogens (tertiary/aromatic N) is 2. The molecule has 1 amide bonds. The summed E-state index contributed by atoms with van der Waals surface area (Å²) >= 11 is 0. The molecule has 2 aromatic heterocycles. The molecular formula is C19H16FN3O2. The van der Waals surface area contributed by atoms with Crippen LogP contribution in [0.25, 0.3) is 16.7 Å². The van der Waals surface area contributed by atoms with Crippen molar-refractivity contribution in [1.82, 2.24) is 14.9 Å². The number of aromatic nitrogens is 2. The highest BCUT2D eigenvalue weighted by molar-refractivity contribution is 5.97. The van der Waals surface area contributed by atoms with Gasteiger partial charge in [0.05, 0.1) is 5.39 Å². The molecule has 1 fully saturated rings. The maximum atomic E-state index is 13.2. The van der Waals surface area contributed by atoms with E-state index in [4.69, 9.17) is 0 Å². The van der Waals surface area contributed by atoms with Gasteiger partial charge >= 0.3 is 0 Å². The normalized spacial score (nSPS) is 13.8. The molecule has 1 N–H and O–H groups in total. The third kappa shape index (κ3) is 3.03. The van der Waals surface area contributed by atoms with Crippen molar-refractivity contribution < 1.29 is 9.18 Å². The number of hydrogen-bond donors (Lipinski definition) is 1. The van der Waals surface area contributed by atoms with E-state index in [2.05, 4.69) is 10.3 Å². The maximum Gasteiger partial charge on any atom is 0.256 e. The second-order valence-electron chi connectivity index (χ2n) is 6.25. The molecule has 0 spiro atoms. The van der Waals surface area contributed by atoms with Crippen LogP contribution in [-0.4, -0.2) is 22.0 Å². The van der Waals surface area contributed by atoms with E-state index in [1.54, 1.807) is 35.0 Å². The Morgan fingerprint density at radius 2 is 2.00 bits per heavy atom. The highest BCUT2D eigenvalue weighted by Gasteiger charge is 2.23. The van der Waals surface area contributed by atoms with E-state index in [9.17, 15) is 14.0 Å². The fraction of sp³-hybridized carbons (Fsp3) is 0.211. The molecule has 1 aliphatic carbocycles. The Balaban J connectivity index is 1.85. The van der Waals surface area contributed by atoms with E-state index >= 15 is 0 Å². The van der Waals surface area contributed by atoms with Crippen LogP contribution in [0.5, 0.6) is 0 Å². The van der Waals surface area contributed by atoms with Crippen molar-refractivity contribution in [3.63, 3.8) is 0 Å². The summed E-state index contributed by atoms with van der Waals surface area (Å²) in [5, 5.41) is 3.17. The van der Waals surface area contributed by atoms with Crippen LogP contribution < -0.4 is 10.7 Å². The van der Waals surface area contributed by atoms with Crippen molar-refractivity contribution in [3.8, 4) is 5.69 Å². The van der Waals surface area contributed by atoms with E-state index in [1.807, 2.05) is 0 Å². The van der Waals surface area contributed by atoms with Crippen LogP contribution >= 0.6 is 0 Å². The summed E-state index contributed by atoms with van der Waals surface area (Å²) in [6.45, 7) is 0.583. The van der Waals surface area contributed by atoms with E-state index in [1.165, 1.54) is 18.3 Å². The molecule has 0 unspecified atom stereocenters. The summed E-state index contributed by atoms with van der Waals surface area (Å²) < 4.78 is 14.9. The monoisotopic (exact) mass is 337 g/mol. The summed E-state index contributed by atoms with van der Waals surface area (Å²) in [6.07, 6.45) is 5.28. The van der Waals surface area contributed by atoms with Crippen LogP contribution in [0, 0.1) is 11.7 Å². The Labute approximate surface area is 143 Å². The zero-order valence-electron chi connectivity index (χ0n) is 13.4. The van der Waals surface area contributed by atoms with Crippen molar-refractivity contribution >= 4 is 16.9 Å². The highest BCUT2D eigenvalue weighted by atomic mass is 19.1. The van der Waals surface area contributed by atoms with Crippen LogP contribution in [0.3, 0.4) is 0 Å². The second kappa shape index (κ2) is 6.12. The molecule has 1 aromatic carbocycles. The molecule has 0 radical (unpaired) electrons. The number of pyridine rings is 2. The predicted octanol–water partition coefficient (Wildman–Crippen LogP) is 2.66. The predicted molar refractivity (Wildman–Crippen MR) is 92.4 cm³/mol. The quantitative estimate of drug-likeness (QED) is 0.796. The van der Waals surface area contributed by atoms with Crippen molar-refractivity contribution in [3.05, 3.63) is 70.4 Å². The fourth-order valence-corrected chi connectivity index (χ4v) is 2.77. The Morgan fingerprint density at radius 1 is 1.24 bits per heavy atom. The molecule has 1 saturated carbocycles. The van der Waals surface area contributed by atoms with Gasteiger partial charge in [-0.15, -0.1) is 0 Å². The first-order chi connectivity index (χ1) is 12.1. The molecule has 6 heteroatoms. The van der Waals surface area contributed by atoms with Crippen LogP contribution in [-0.2, 0) is 0 Å².